The Labute approximate surface area is 181 Å². The van der Waals surface area contributed by atoms with Crippen molar-refractivity contribution in [2.45, 2.75) is 25.8 Å². The number of para-hydroxylation sites is 1. The summed E-state index contributed by atoms with van der Waals surface area (Å²) in [5, 5.41) is 13.5. The Morgan fingerprint density at radius 1 is 1.03 bits per heavy atom. The zero-order valence-electron chi connectivity index (χ0n) is 17.4. The Kier molecular flexibility index (Phi) is 5.91. The van der Waals surface area contributed by atoms with Gasteiger partial charge in [-0.2, -0.15) is 0 Å². The molecule has 5 nitrogen and oxygen atoms in total. The van der Waals surface area contributed by atoms with Crippen molar-refractivity contribution in [2.75, 3.05) is 23.3 Å². The van der Waals surface area contributed by atoms with Crippen LogP contribution in [0.15, 0.2) is 60.7 Å². The number of anilines is 2. The first-order valence-corrected chi connectivity index (χ1v) is 10.4. The van der Waals surface area contributed by atoms with Crippen LogP contribution in [0.4, 0.5) is 15.8 Å². The van der Waals surface area contributed by atoms with E-state index in [0.717, 1.165) is 37.2 Å². The number of hydrogen-bond acceptors (Lipinski definition) is 4. The minimum absolute atomic E-state index is 0.0898. The number of nitrogens with one attached hydrogen (secondary N) is 1. The van der Waals surface area contributed by atoms with Crippen LogP contribution in [0, 0.1) is 5.82 Å². The van der Waals surface area contributed by atoms with E-state index in [1.54, 1.807) is 12.1 Å². The van der Waals surface area contributed by atoms with Gasteiger partial charge in [0.25, 0.3) is 0 Å². The lowest BCUT2D eigenvalue weighted by Crippen LogP contribution is -2.39. The molecule has 0 bridgehead atoms. The van der Waals surface area contributed by atoms with Crippen LogP contribution in [0.3, 0.4) is 0 Å². The first-order valence-electron chi connectivity index (χ1n) is 10.4. The maximum Gasteiger partial charge on any atom is 0.221 e. The number of aromatic hydroxyl groups is 1. The van der Waals surface area contributed by atoms with Crippen LogP contribution in [-0.2, 0) is 4.79 Å². The largest absolute Gasteiger partial charge is 0.507 e. The van der Waals surface area contributed by atoms with Crippen LogP contribution in [0.1, 0.15) is 19.8 Å². The maximum absolute atomic E-state index is 14.4. The molecule has 31 heavy (non-hydrogen) atoms. The third-order valence-electron chi connectivity index (χ3n) is 5.69. The molecule has 1 amide bonds. The summed E-state index contributed by atoms with van der Waals surface area (Å²) in [7, 11) is 0. The molecule has 160 valence electrons. The predicted molar refractivity (Wildman–Crippen MR) is 123 cm³/mol. The number of carbonyl (C=O) groups excluding carboxylic acids is 1. The standard InChI is InChI=1S/C25H26FN3O2/c1-16(30)28-24-9-8-18(15-23(24)26)22-7-3-6-21(25(22)31)17-4-2-5-20(14-17)29-12-10-19(27)11-13-29/h2-9,14-15,19,31H,10-13,27H2,1H3,(H,28,30). The van der Waals surface area contributed by atoms with E-state index < -0.39 is 5.82 Å². The number of nitrogens with two attached hydrogens (primary N) is 1. The van der Waals surface area contributed by atoms with E-state index >= 15 is 0 Å². The molecule has 0 atom stereocenters. The van der Waals surface area contributed by atoms with Crippen molar-refractivity contribution < 1.29 is 14.3 Å². The third kappa shape index (κ3) is 4.54. The van der Waals surface area contributed by atoms with Crippen molar-refractivity contribution in [1.82, 2.24) is 0 Å². The highest BCUT2D eigenvalue weighted by atomic mass is 19.1. The molecular formula is C25H26FN3O2. The molecule has 0 aromatic heterocycles. The van der Waals surface area contributed by atoms with E-state index in [2.05, 4.69) is 22.3 Å². The zero-order valence-corrected chi connectivity index (χ0v) is 17.4. The van der Waals surface area contributed by atoms with Crippen molar-refractivity contribution in [3.63, 3.8) is 0 Å². The number of phenolic OH excluding ortho intramolecular Hbond substituents is 1. The number of nitrogens with zero attached hydrogens (tertiary/aromatic N) is 1. The van der Waals surface area contributed by atoms with Gasteiger partial charge in [-0.25, -0.2) is 4.39 Å². The molecule has 6 heteroatoms. The number of amides is 1. The maximum atomic E-state index is 14.4. The second-order valence-electron chi connectivity index (χ2n) is 7.95. The molecule has 4 rings (SSSR count). The summed E-state index contributed by atoms with van der Waals surface area (Å²) < 4.78 is 14.4. The third-order valence-corrected chi connectivity index (χ3v) is 5.69. The van der Waals surface area contributed by atoms with Gasteiger partial charge in [0.2, 0.25) is 5.91 Å². The number of phenols is 1. The van der Waals surface area contributed by atoms with Crippen LogP contribution >= 0.6 is 0 Å². The van der Waals surface area contributed by atoms with E-state index in [1.165, 1.54) is 19.1 Å². The van der Waals surface area contributed by atoms with Crippen LogP contribution in [0.2, 0.25) is 0 Å². The smallest absolute Gasteiger partial charge is 0.221 e. The van der Waals surface area contributed by atoms with Gasteiger partial charge in [-0.1, -0.05) is 36.4 Å². The van der Waals surface area contributed by atoms with Gasteiger partial charge in [0, 0.05) is 42.9 Å². The lowest BCUT2D eigenvalue weighted by atomic mass is 9.96. The summed E-state index contributed by atoms with van der Waals surface area (Å²) >= 11 is 0. The molecule has 0 radical (unpaired) electrons. The van der Waals surface area contributed by atoms with Crippen LogP contribution < -0.4 is 16.0 Å². The molecule has 1 heterocycles. The number of hydrogen-bond donors (Lipinski definition) is 3. The quantitative estimate of drug-likeness (QED) is 0.570. The van der Waals surface area contributed by atoms with Crippen molar-refractivity contribution >= 4 is 17.3 Å². The molecule has 3 aromatic rings. The first-order chi connectivity index (χ1) is 14.9. The van der Waals surface area contributed by atoms with E-state index in [9.17, 15) is 14.3 Å². The van der Waals surface area contributed by atoms with Crippen molar-refractivity contribution in [3.8, 4) is 28.0 Å². The number of benzene rings is 3. The summed E-state index contributed by atoms with van der Waals surface area (Å²) in [4.78, 5) is 13.5. The van der Waals surface area contributed by atoms with E-state index in [0.29, 0.717) is 16.7 Å². The monoisotopic (exact) mass is 419 g/mol. The van der Waals surface area contributed by atoms with Crippen LogP contribution in [0.25, 0.3) is 22.3 Å². The molecule has 0 aliphatic carbocycles. The molecule has 1 aliphatic rings. The summed E-state index contributed by atoms with van der Waals surface area (Å²) in [5.74, 6) is -0.804. The Morgan fingerprint density at radius 3 is 2.32 bits per heavy atom. The molecular weight excluding hydrogens is 393 g/mol. The highest BCUT2D eigenvalue weighted by molar-refractivity contribution is 5.89. The number of piperidine rings is 1. The fourth-order valence-electron chi connectivity index (χ4n) is 4.01. The molecule has 3 aromatic carbocycles. The Morgan fingerprint density at radius 2 is 1.68 bits per heavy atom. The lowest BCUT2D eigenvalue weighted by molar-refractivity contribution is -0.114. The fourth-order valence-corrected chi connectivity index (χ4v) is 4.01. The average molecular weight is 420 g/mol. The minimum atomic E-state index is -0.553. The molecule has 0 unspecified atom stereocenters. The van der Waals surface area contributed by atoms with E-state index in [4.69, 9.17) is 5.73 Å². The van der Waals surface area contributed by atoms with Gasteiger partial charge in [-0.3, -0.25) is 4.79 Å². The van der Waals surface area contributed by atoms with Gasteiger partial charge in [0.05, 0.1) is 5.69 Å². The Bertz CT molecular complexity index is 1110. The first kappa shape index (κ1) is 20.9. The molecule has 1 fully saturated rings. The normalized spacial score (nSPS) is 14.5. The number of rotatable bonds is 4. The van der Waals surface area contributed by atoms with Crippen LogP contribution in [0.5, 0.6) is 5.75 Å². The van der Waals surface area contributed by atoms with Gasteiger partial charge in [0.1, 0.15) is 11.6 Å². The minimum Gasteiger partial charge on any atom is -0.507 e. The SMILES string of the molecule is CC(=O)Nc1ccc(-c2cccc(-c3cccc(N4CCC(N)CC4)c3)c2O)cc1F. The second kappa shape index (κ2) is 8.78. The highest BCUT2D eigenvalue weighted by Crippen LogP contribution is 2.39. The summed E-state index contributed by atoms with van der Waals surface area (Å²) in [6.07, 6.45) is 1.93. The van der Waals surface area contributed by atoms with Gasteiger partial charge in [0.15, 0.2) is 0 Å². The number of halogens is 1. The van der Waals surface area contributed by atoms with Crippen molar-refractivity contribution in [2.24, 2.45) is 5.73 Å². The van der Waals surface area contributed by atoms with Crippen molar-refractivity contribution in [3.05, 3.63) is 66.5 Å². The van der Waals surface area contributed by atoms with Gasteiger partial charge in [-0.15, -0.1) is 0 Å². The average Bonchev–Trinajstić information content (AvgIpc) is 2.76. The number of carbonyl (C=O) groups is 1. The molecule has 1 aliphatic heterocycles. The Balaban J connectivity index is 1.66. The molecule has 1 saturated heterocycles. The lowest BCUT2D eigenvalue weighted by Gasteiger charge is -2.32. The molecule has 4 N–H and O–H groups in total. The molecule has 0 saturated carbocycles. The van der Waals surface area contributed by atoms with Gasteiger partial charge >= 0.3 is 0 Å². The summed E-state index contributed by atoms with van der Waals surface area (Å²) in [5.41, 5.74) is 9.87. The fraction of sp³-hybridized carbons (Fsp3) is 0.240. The second-order valence-corrected chi connectivity index (χ2v) is 7.95. The molecule has 0 spiro atoms. The predicted octanol–water partition coefficient (Wildman–Crippen LogP) is 4.75. The Hall–Kier alpha value is -3.38. The van der Waals surface area contributed by atoms with Crippen LogP contribution in [-0.4, -0.2) is 30.1 Å². The van der Waals surface area contributed by atoms with E-state index in [-0.39, 0.29) is 23.4 Å². The van der Waals surface area contributed by atoms with Gasteiger partial charge in [-0.05, 0) is 48.2 Å². The summed E-state index contributed by atoms with van der Waals surface area (Å²) in [6, 6.07) is 18.3. The summed E-state index contributed by atoms with van der Waals surface area (Å²) in [6.45, 7) is 3.15. The zero-order chi connectivity index (χ0) is 22.0. The topological polar surface area (TPSA) is 78.6 Å². The highest BCUT2D eigenvalue weighted by Gasteiger charge is 2.18. The van der Waals surface area contributed by atoms with Gasteiger partial charge < -0.3 is 21.1 Å². The van der Waals surface area contributed by atoms with E-state index in [1.807, 2.05) is 24.3 Å². The van der Waals surface area contributed by atoms with Crippen molar-refractivity contribution in [1.29, 1.82) is 0 Å².